The van der Waals surface area contributed by atoms with Crippen LogP contribution in [0.3, 0.4) is 0 Å². The Morgan fingerprint density at radius 1 is 0.297 bits per heavy atom. The van der Waals surface area contributed by atoms with Crippen molar-refractivity contribution in [2.24, 2.45) is 23.3 Å². The zero-order valence-corrected chi connectivity index (χ0v) is 26.2. The SMILES string of the molecule is CCCCCCCCC(CCCCCCCCN)C(CCCCCCCC)CCCCCCCCCN. The summed E-state index contributed by atoms with van der Waals surface area (Å²) in [6.45, 7) is 6.40. The summed E-state index contributed by atoms with van der Waals surface area (Å²) < 4.78 is 0. The van der Waals surface area contributed by atoms with E-state index in [0.29, 0.717) is 0 Å². The van der Waals surface area contributed by atoms with Gasteiger partial charge in [0.15, 0.2) is 0 Å². The van der Waals surface area contributed by atoms with Crippen molar-refractivity contribution in [3.63, 3.8) is 0 Å². The average Bonchev–Trinajstić information content (AvgIpc) is 2.91. The fourth-order valence-electron chi connectivity index (χ4n) is 6.30. The van der Waals surface area contributed by atoms with Crippen molar-refractivity contribution < 1.29 is 0 Å². The first kappa shape index (κ1) is 36.9. The summed E-state index contributed by atoms with van der Waals surface area (Å²) >= 11 is 0. The normalized spacial score (nSPS) is 13.3. The van der Waals surface area contributed by atoms with Gasteiger partial charge in [0.25, 0.3) is 0 Å². The molecule has 0 aromatic heterocycles. The van der Waals surface area contributed by atoms with Gasteiger partial charge in [0.1, 0.15) is 0 Å². The molecule has 0 saturated carbocycles. The van der Waals surface area contributed by atoms with Crippen molar-refractivity contribution in [1.82, 2.24) is 0 Å². The Bertz CT molecular complexity index is 397. The highest BCUT2D eigenvalue weighted by molar-refractivity contribution is 4.72. The molecular weight excluding hydrogens is 448 g/mol. The van der Waals surface area contributed by atoms with E-state index in [1.165, 1.54) is 186 Å². The van der Waals surface area contributed by atoms with Crippen LogP contribution in [0.4, 0.5) is 0 Å². The van der Waals surface area contributed by atoms with Gasteiger partial charge < -0.3 is 11.5 Å². The quantitative estimate of drug-likeness (QED) is 0.0863. The van der Waals surface area contributed by atoms with Crippen molar-refractivity contribution in [2.75, 3.05) is 13.1 Å². The smallest absolute Gasteiger partial charge is 0.00773 e. The molecule has 0 spiro atoms. The van der Waals surface area contributed by atoms with E-state index < -0.39 is 0 Å². The number of hydrogen-bond donors (Lipinski definition) is 2. The molecule has 2 unspecified atom stereocenters. The van der Waals surface area contributed by atoms with E-state index >= 15 is 0 Å². The molecule has 0 radical (unpaired) electrons. The highest BCUT2D eigenvalue weighted by atomic mass is 14.5. The Hall–Kier alpha value is -0.0800. The molecule has 0 heterocycles. The summed E-state index contributed by atoms with van der Waals surface area (Å²) in [7, 11) is 0. The van der Waals surface area contributed by atoms with Gasteiger partial charge in [0, 0.05) is 0 Å². The van der Waals surface area contributed by atoms with Gasteiger partial charge in [-0.25, -0.2) is 0 Å². The Balaban J connectivity index is 4.67. The molecule has 2 nitrogen and oxygen atoms in total. The molecule has 0 rings (SSSR count). The molecule has 0 aromatic rings. The monoisotopic (exact) mass is 523 g/mol. The first-order chi connectivity index (χ1) is 18.3. The first-order valence-corrected chi connectivity index (χ1v) is 17.7. The Morgan fingerprint density at radius 2 is 0.514 bits per heavy atom. The van der Waals surface area contributed by atoms with Crippen molar-refractivity contribution in [1.29, 1.82) is 0 Å². The standard InChI is InChI=1S/C35H74N2/c1-3-5-7-9-16-22-28-34(30-24-18-12-11-14-20-26-32-36)35(29-23-17-10-8-6-4-2)31-25-19-13-15-21-27-33-37/h34-35H,3-33,36-37H2,1-2H3. The molecule has 4 N–H and O–H groups in total. The van der Waals surface area contributed by atoms with E-state index in [4.69, 9.17) is 11.5 Å². The van der Waals surface area contributed by atoms with Crippen LogP contribution in [0, 0.1) is 11.8 Å². The van der Waals surface area contributed by atoms with Crippen molar-refractivity contribution in [2.45, 2.75) is 200 Å². The van der Waals surface area contributed by atoms with Gasteiger partial charge >= 0.3 is 0 Å². The molecule has 0 aromatic carbocycles. The Labute approximate surface area is 236 Å². The molecular formula is C35H74N2. The van der Waals surface area contributed by atoms with Crippen LogP contribution in [0.2, 0.25) is 0 Å². The number of hydrogen-bond acceptors (Lipinski definition) is 2. The van der Waals surface area contributed by atoms with Crippen LogP contribution in [0.1, 0.15) is 200 Å². The number of unbranched alkanes of at least 4 members (excludes halogenated alkanes) is 21. The topological polar surface area (TPSA) is 52.0 Å². The largest absolute Gasteiger partial charge is 0.330 e. The van der Waals surface area contributed by atoms with Crippen LogP contribution in [0.15, 0.2) is 0 Å². The molecule has 0 bridgehead atoms. The third-order valence-corrected chi connectivity index (χ3v) is 8.83. The van der Waals surface area contributed by atoms with Crippen molar-refractivity contribution in [3.8, 4) is 0 Å². The van der Waals surface area contributed by atoms with Gasteiger partial charge in [-0.1, -0.05) is 187 Å². The second-order valence-electron chi connectivity index (χ2n) is 12.4. The van der Waals surface area contributed by atoms with E-state index in [2.05, 4.69) is 13.8 Å². The van der Waals surface area contributed by atoms with E-state index in [-0.39, 0.29) is 0 Å². The highest BCUT2D eigenvalue weighted by Gasteiger charge is 2.20. The Morgan fingerprint density at radius 3 is 0.757 bits per heavy atom. The van der Waals surface area contributed by atoms with E-state index in [1.807, 2.05) is 0 Å². The average molecular weight is 523 g/mol. The minimum absolute atomic E-state index is 0.869. The van der Waals surface area contributed by atoms with Crippen LogP contribution in [-0.2, 0) is 0 Å². The summed E-state index contributed by atoms with van der Waals surface area (Å²) in [5.41, 5.74) is 11.3. The minimum atomic E-state index is 0.869. The van der Waals surface area contributed by atoms with Crippen molar-refractivity contribution in [3.05, 3.63) is 0 Å². The van der Waals surface area contributed by atoms with Gasteiger partial charge in [-0.15, -0.1) is 0 Å². The lowest BCUT2D eigenvalue weighted by molar-refractivity contribution is 0.236. The van der Waals surface area contributed by atoms with Crippen LogP contribution < -0.4 is 11.5 Å². The van der Waals surface area contributed by atoms with Crippen LogP contribution in [-0.4, -0.2) is 13.1 Å². The summed E-state index contributed by atoms with van der Waals surface area (Å²) in [4.78, 5) is 0. The summed E-state index contributed by atoms with van der Waals surface area (Å²) in [6.07, 6.45) is 41.4. The lowest BCUT2D eigenvalue weighted by atomic mass is 9.78. The van der Waals surface area contributed by atoms with Gasteiger partial charge in [-0.3, -0.25) is 0 Å². The summed E-state index contributed by atoms with van der Waals surface area (Å²) in [5.74, 6) is 1.99. The van der Waals surface area contributed by atoms with Crippen LogP contribution in [0.5, 0.6) is 0 Å². The molecule has 0 saturated heterocycles. The van der Waals surface area contributed by atoms with Crippen LogP contribution in [0.25, 0.3) is 0 Å². The molecule has 37 heavy (non-hydrogen) atoms. The lowest BCUT2D eigenvalue weighted by Gasteiger charge is -2.28. The summed E-state index contributed by atoms with van der Waals surface area (Å²) in [5, 5.41) is 0. The van der Waals surface area contributed by atoms with E-state index in [9.17, 15) is 0 Å². The number of rotatable bonds is 32. The van der Waals surface area contributed by atoms with E-state index in [1.54, 1.807) is 0 Å². The second-order valence-corrected chi connectivity index (χ2v) is 12.4. The highest BCUT2D eigenvalue weighted by Crippen LogP contribution is 2.33. The minimum Gasteiger partial charge on any atom is -0.330 e. The van der Waals surface area contributed by atoms with Crippen molar-refractivity contribution >= 4 is 0 Å². The molecule has 0 aliphatic heterocycles. The molecule has 2 heteroatoms. The van der Waals surface area contributed by atoms with Gasteiger partial charge in [0.2, 0.25) is 0 Å². The maximum absolute atomic E-state index is 5.68. The van der Waals surface area contributed by atoms with E-state index in [0.717, 1.165) is 24.9 Å². The molecule has 0 amide bonds. The first-order valence-electron chi connectivity index (χ1n) is 17.7. The lowest BCUT2D eigenvalue weighted by Crippen LogP contribution is -2.16. The zero-order valence-electron chi connectivity index (χ0n) is 26.2. The van der Waals surface area contributed by atoms with Gasteiger partial charge in [-0.2, -0.15) is 0 Å². The fourth-order valence-corrected chi connectivity index (χ4v) is 6.30. The third-order valence-electron chi connectivity index (χ3n) is 8.83. The predicted octanol–water partition coefficient (Wildman–Crippen LogP) is 11.5. The maximum Gasteiger partial charge on any atom is -0.00773 e. The molecule has 0 fully saturated rings. The molecule has 2 atom stereocenters. The third kappa shape index (κ3) is 27.3. The Kier molecular flexibility index (Phi) is 32.1. The molecule has 0 aliphatic rings. The maximum atomic E-state index is 5.68. The summed E-state index contributed by atoms with van der Waals surface area (Å²) in [6, 6.07) is 0. The van der Waals surface area contributed by atoms with Gasteiger partial charge in [-0.05, 0) is 37.8 Å². The predicted molar refractivity (Wildman–Crippen MR) is 170 cm³/mol. The molecule has 224 valence electrons. The van der Waals surface area contributed by atoms with Crippen LogP contribution >= 0.6 is 0 Å². The van der Waals surface area contributed by atoms with Gasteiger partial charge in [0.05, 0.1) is 0 Å². The zero-order chi connectivity index (χ0) is 27.1. The molecule has 0 aliphatic carbocycles. The fraction of sp³-hybridized carbons (Fsp3) is 1.00. The number of nitrogens with two attached hydrogens (primary N) is 2. The second kappa shape index (κ2) is 32.1.